The molecule has 0 bridgehead atoms. The second-order valence-corrected chi connectivity index (χ2v) is 4.31. The van der Waals surface area contributed by atoms with Gasteiger partial charge in [0, 0.05) is 0 Å². The van der Waals surface area contributed by atoms with E-state index in [0.717, 1.165) is 12.1 Å². The third-order valence-electron chi connectivity index (χ3n) is 2.92. The predicted octanol–water partition coefficient (Wildman–Crippen LogP) is 3.80. The van der Waals surface area contributed by atoms with Crippen molar-refractivity contribution in [2.45, 2.75) is 12.3 Å². The van der Waals surface area contributed by atoms with Crippen molar-refractivity contribution in [2.24, 2.45) is 0 Å². The Hall–Kier alpha value is -2.01. The summed E-state index contributed by atoms with van der Waals surface area (Å²) in [6.45, 7) is 0. The van der Waals surface area contributed by atoms with Crippen LogP contribution < -0.4 is 4.74 Å². The standard InChI is InChI=1S/C15H13F3O2/c1-20-13-8-11(7-12(9-13)15(16,17)18)14(19)10-5-3-2-4-6-10/h2-9,14,19H,1H3. The molecular weight excluding hydrogens is 269 g/mol. The molecule has 2 rings (SSSR count). The highest BCUT2D eigenvalue weighted by Gasteiger charge is 2.32. The zero-order valence-electron chi connectivity index (χ0n) is 10.7. The van der Waals surface area contributed by atoms with Gasteiger partial charge in [-0.15, -0.1) is 0 Å². The third-order valence-corrected chi connectivity index (χ3v) is 2.92. The van der Waals surface area contributed by atoms with Gasteiger partial charge in [-0.05, 0) is 29.3 Å². The van der Waals surface area contributed by atoms with E-state index < -0.39 is 17.8 Å². The van der Waals surface area contributed by atoms with Crippen LogP contribution in [0.25, 0.3) is 0 Å². The van der Waals surface area contributed by atoms with Crippen molar-refractivity contribution in [3.05, 3.63) is 65.2 Å². The highest BCUT2D eigenvalue weighted by Crippen LogP contribution is 2.35. The average Bonchev–Trinajstić information content (AvgIpc) is 2.46. The lowest BCUT2D eigenvalue weighted by Gasteiger charge is -2.16. The predicted molar refractivity (Wildman–Crippen MR) is 68.5 cm³/mol. The van der Waals surface area contributed by atoms with E-state index in [0.29, 0.717) is 5.56 Å². The minimum absolute atomic E-state index is 0.0600. The summed E-state index contributed by atoms with van der Waals surface area (Å²) in [5.74, 6) is 0.0600. The summed E-state index contributed by atoms with van der Waals surface area (Å²) in [5, 5.41) is 10.2. The molecule has 0 saturated heterocycles. The van der Waals surface area contributed by atoms with Gasteiger partial charge in [-0.25, -0.2) is 0 Å². The summed E-state index contributed by atoms with van der Waals surface area (Å²) in [6.07, 6.45) is -5.62. The van der Waals surface area contributed by atoms with Crippen LogP contribution in [0.3, 0.4) is 0 Å². The first-order chi connectivity index (χ1) is 9.41. The molecule has 0 aliphatic heterocycles. The largest absolute Gasteiger partial charge is 0.497 e. The molecule has 0 aliphatic rings. The number of halogens is 3. The lowest BCUT2D eigenvalue weighted by atomic mass is 9.99. The molecule has 5 heteroatoms. The molecule has 0 radical (unpaired) electrons. The van der Waals surface area contributed by atoms with Crippen LogP contribution >= 0.6 is 0 Å². The molecule has 1 atom stereocenters. The number of rotatable bonds is 3. The minimum Gasteiger partial charge on any atom is -0.497 e. The molecule has 0 heterocycles. The van der Waals surface area contributed by atoms with E-state index in [2.05, 4.69) is 0 Å². The van der Waals surface area contributed by atoms with Gasteiger partial charge >= 0.3 is 6.18 Å². The van der Waals surface area contributed by atoms with E-state index in [4.69, 9.17) is 4.74 Å². The van der Waals surface area contributed by atoms with Crippen LogP contribution in [-0.2, 0) is 6.18 Å². The molecule has 0 fully saturated rings. The summed E-state index contributed by atoms with van der Waals surface area (Å²) < 4.78 is 43.3. The van der Waals surface area contributed by atoms with Gasteiger partial charge in [-0.2, -0.15) is 13.2 Å². The van der Waals surface area contributed by atoms with Crippen LogP contribution in [0.4, 0.5) is 13.2 Å². The van der Waals surface area contributed by atoms with E-state index in [9.17, 15) is 18.3 Å². The molecule has 0 aliphatic carbocycles. The van der Waals surface area contributed by atoms with Gasteiger partial charge in [-0.1, -0.05) is 30.3 Å². The zero-order valence-corrected chi connectivity index (χ0v) is 10.7. The van der Waals surface area contributed by atoms with Gasteiger partial charge in [0.05, 0.1) is 12.7 Å². The summed E-state index contributed by atoms with van der Waals surface area (Å²) in [5.41, 5.74) is -0.182. The Balaban J connectivity index is 2.46. The Bertz CT molecular complexity index is 579. The second kappa shape index (κ2) is 5.54. The average molecular weight is 282 g/mol. The summed E-state index contributed by atoms with van der Waals surface area (Å²) in [7, 11) is 1.29. The van der Waals surface area contributed by atoms with Gasteiger partial charge in [0.1, 0.15) is 11.9 Å². The molecule has 0 saturated carbocycles. The van der Waals surface area contributed by atoms with Crippen molar-refractivity contribution in [1.29, 1.82) is 0 Å². The van der Waals surface area contributed by atoms with Crippen LogP contribution in [0, 0.1) is 0 Å². The van der Waals surface area contributed by atoms with Crippen LogP contribution in [-0.4, -0.2) is 12.2 Å². The SMILES string of the molecule is COc1cc(C(O)c2ccccc2)cc(C(F)(F)F)c1. The highest BCUT2D eigenvalue weighted by atomic mass is 19.4. The summed E-state index contributed by atoms with van der Waals surface area (Å²) in [4.78, 5) is 0. The fourth-order valence-corrected chi connectivity index (χ4v) is 1.89. The highest BCUT2D eigenvalue weighted by molar-refractivity contribution is 5.40. The van der Waals surface area contributed by atoms with E-state index >= 15 is 0 Å². The number of ether oxygens (including phenoxy) is 1. The lowest BCUT2D eigenvalue weighted by molar-refractivity contribution is -0.137. The molecular formula is C15H13F3O2. The fourth-order valence-electron chi connectivity index (χ4n) is 1.89. The van der Waals surface area contributed by atoms with E-state index in [1.54, 1.807) is 30.3 Å². The fraction of sp³-hybridized carbons (Fsp3) is 0.200. The monoisotopic (exact) mass is 282 g/mol. The normalized spacial score (nSPS) is 13.1. The molecule has 0 aromatic heterocycles. The van der Waals surface area contributed by atoms with Crippen LogP contribution in [0.5, 0.6) is 5.75 Å². The third kappa shape index (κ3) is 3.11. The van der Waals surface area contributed by atoms with Gasteiger partial charge < -0.3 is 9.84 Å². The van der Waals surface area contributed by atoms with E-state index in [1.165, 1.54) is 13.2 Å². The summed E-state index contributed by atoms with van der Waals surface area (Å²) >= 11 is 0. The first-order valence-corrected chi connectivity index (χ1v) is 5.91. The maximum absolute atomic E-state index is 12.8. The van der Waals surface area contributed by atoms with Crippen molar-refractivity contribution in [3.63, 3.8) is 0 Å². The Morgan fingerprint density at radius 1 is 1.00 bits per heavy atom. The molecule has 1 N–H and O–H groups in total. The van der Waals surface area contributed by atoms with Gasteiger partial charge in [0.2, 0.25) is 0 Å². The Labute approximate surface area is 114 Å². The maximum atomic E-state index is 12.8. The van der Waals surface area contributed by atoms with Crippen molar-refractivity contribution < 1.29 is 23.0 Å². The van der Waals surface area contributed by atoms with Crippen molar-refractivity contribution in [2.75, 3.05) is 7.11 Å². The van der Waals surface area contributed by atoms with Crippen LogP contribution in [0.15, 0.2) is 48.5 Å². The van der Waals surface area contributed by atoms with Crippen LogP contribution in [0.2, 0.25) is 0 Å². The van der Waals surface area contributed by atoms with Gasteiger partial charge in [-0.3, -0.25) is 0 Å². The number of aliphatic hydroxyl groups is 1. The zero-order chi connectivity index (χ0) is 14.8. The first-order valence-electron chi connectivity index (χ1n) is 5.91. The number of aliphatic hydroxyl groups excluding tert-OH is 1. The molecule has 0 spiro atoms. The smallest absolute Gasteiger partial charge is 0.416 e. The molecule has 2 nitrogen and oxygen atoms in total. The number of hydrogen-bond donors (Lipinski definition) is 1. The van der Waals surface area contributed by atoms with E-state index in [1.807, 2.05) is 0 Å². The minimum atomic E-state index is -4.49. The molecule has 2 aromatic carbocycles. The maximum Gasteiger partial charge on any atom is 0.416 e. The first kappa shape index (κ1) is 14.4. The number of benzene rings is 2. The van der Waals surface area contributed by atoms with Gasteiger partial charge in [0.15, 0.2) is 0 Å². The molecule has 1 unspecified atom stereocenters. The Morgan fingerprint density at radius 2 is 1.65 bits per heavy atom. The number of methoxy groups -OCH3 is 1. The van der Waals surface area contributed by atoms with Crippen LogP contribution in [0.1, 0.15) is 22.8 Å². The quantitative estimate of drug-likeness (QED) is 0.928. The van der Waals surface area contributed by atoms with E-state index in [-0.39, 0.29) is 11.3 Å². The van der Waals surface area contributed by atoms with Crippen molar-refractivity contribution >= 4 is 0 Å². The van der Waals surface area contributed by atoms with Gasteiger partial charge in [0.25, 0.3) is 0 Å². The number of alkyl halides is 3. The molecule has 20 heavy (non-hydrogen) atoms. The summed E-state index contributed by atoms with van der Waals surface area (Å²) in [6, 6.07) is 11.7. The lowest BCUT2D eigenvalue weighted by Crippen LogP contribution is -2.08. The Morgan fingerprint density at radius 3 is 2.20 bits per heavy atom. The topological polar surface area (TPSA) is 29.5 Å². The van der Waals surface area contributed by atoms with Crippen molar-refractivity contribution in [3.8, 4) is 5.75 Å². The molecule has 106 valence electrons. The Kier molecular flexibility index (Phi) is 3.99. The van der Waals surface area contributed by atoms with Crippen molar-refractivity contribution in [1.82, 2.24) is 0 Å². The number of hydrogen-bond acceptors (Lipinski definition) is 2. The molecule has 0 amide bonds. The second-order valence-electron chi connectivity index (χ2n) is 4.31. The molecule has 2 aromatic rings.